The molecule has 7 heteroatoms. The lowest BCUT2D eigenvalue weighted by Gasteiger charge is -2.16. The van der Waals surface area contributed by atoms with Crippen LogP contribution < -0.4 is 5.73 Å². The molecule has 0 aromatic heterocycles. The van der Waals surface area contributed by atoms with E-state index in [1.54, 1.807) is 18.2 Å². The van der Waals surface area contributed by atoms with Crippen molar-refractivity contribution in [2.24, 2.45) is 5.73 Å². The summed E-state index contributed by atoms with van der Waals surface area (Å²) >= 11 is 11.7. The summed E-state index contributed by atoms with van der Waals surface area (Å²) in [7, 11) is -3.32. The van der Waals surface area contributed by atoms with Gasteiger partial charge in [0.2, 0.25) is 10.0 Å². The normalized spacial score (nSPS) is 21.4. The van der Waals surface area contributed by atoms with Crippen LogP contribution in [0.5, 0.6) is 0 Å². The maximum absolute atomic E-state index is 12.1. The molecule has 1 fully saturated rings. The molecular weight excluding hydrogens is 295 g/mol. The number of sulfonamides is 1. The number of benzene rings is 1. The molecule has 0 aliphatic carbocycles. The zero-order chi connectivity index (χ0) is 13.3. The van der Waals surface area contributed by atoms with Gasteiger partial charge in [0.25, 0.3) is 0 Å². The molecule has 1 aliphatic rings. The Morgan fingerprint density at radius 1 is 1.33 bits per heavy atom. The first-order valence-electron chi connectivity index (χ1n) is 5.56. The Hall–Kier alpha value is -0.330. The topological polar surface area (TPSA) is 63.4 Å². The second-order valence-electron chi connectivity index (χ2n) is 4.41. The van der Waals surface area contributed by atoms with E-state index in [0.29, 0.717) is 35.1 Å². The van der Waals surface area contributed by atoms with Gasteiger partial charge in [-0.15, -0.1) is 0 Å². The van der Waals surface area contributed by atoms with E-state index in [1.165, 1.54) is 4.31 Å². The highest BCUT2D eigenvalue weighted by atomic mass is 35.5. The summed E-state index contributed by atoms with van der Waals surface area (Å²) in [5.41, 5.74) is 6.34. The van der Waals surface area contributed by atoms with E-state index in [0.717, 1.165) is 0 Å². The van der Waals surface area contributed by atoms with Crippen LogP contribution in [0.4, 0.5) is 0 Å². The predicted molar refractivity (Wildman–Crippen MR) is 73.3 cm³/mol. The summed E-state index contributed by atoms with van der Waals surface area (Å²) in [5, 5.41) is 0.781. The highest BCUT2D eigenvalue weighted by molar-refractivity contribution is 7.88. The zero-order valence-corrected chi connectivity index (χ0v) is 12.0. The van der Waals surface area contributed by atoms with Gasteiger partial charge in [-0.1, -0.05) is 29.3 Å². The van der Waals surface area contributed by atoms with E-state index >= 15 is 0 Å². The van der Waals surface area contributed by atoms with Gasteiger partial charge in [-0.2, -0.15) is 0 Å². The third-order valence-corrected chi connectivity index (χ3v) is 5.47. The molecule has 0 amide bonds. The lowest BCUT2D eigenvalue weighted by atomic mass is 10.2. The van der Waals surface area contributed by atoms with Crippen LogP contribution in [0.3, 0.4) is 0 Å². The van der Waals surface area contributed by atoms with Crippen molar-refractivity contribution in [3.8, 4) is 0 Å². The molecule has 4 nitrogen and oxygen atoms in total. The fourth-order valence-electron chi connectivity index (χ4n) is 1.94. The maximum atomic E-state index is 12.1. The Bertz CT molecular complexity index is 548. The number of halogens is 2. The van der Waals surface area contributed by atoms with Gasteiger partial charge in [0.05, 0.1) is 15.8 Å². The lowest BCUT2D eigenvalue weighted by Crippen LogP contribution is -2.32. The van der Waals surface area contributed by atoms with Gasteiger partial charge in [-0.25, -0.2) is 12.7 Å². The number of hydrogen-bond acceptors (Lipinski definition) is 3. The number of nitrogens with zero attached hydrogens (tertiary/aromatic N) is 1. The van der Waals surface area contributed by atoms with Crippen molar-refractivity contribution in [1.29, 1.82) is 0 Å². The summed E-state index contributed by atoms with van der Waals surface area (Å²) in [4.78, 5) is 0. The van der Waals surface area contributed by atoms with Gasteiger partial charge in [-0.3, -0.25) is 0 Å². The quantitative estimate of drug-likeness (QED) is 0.927. The molecule has 0 unspecified atom stereocenters. The average molecular weight is 309 g/mol. The monoisotopic (exact) mass is 308 g/mol. The lowest BCUT2D eigenvalue weighted by molar-refractivity contribution is 0.471. The zero-order valence-electron chi connectivity index (χ0n) is 9.64. The van der Waals surface area contributed by atoms with Crippen molar-refractivity contribution < 1.29 is 8.42 Å². The minimum Gasteiger partial charge on any atom is -0.326 e. The summed E-state index contributed by atoms with van der Waals surface area (Å²) < 4.78 is 25.7. The molecule has 1 aliphatic heterocycles. The summed E-state index contributed by atoms with van der Waals surface area (Å²) in [5.74, 6) is -0.0728. The van der Waals surface area contributed by atoms with Crippen molar-refractivity contribution in [2.45, 2.75) is 18.2 Å². The Labute approximate surface area is 117 Å². The van der Waals surface area contributed by atoms with E-state index in [2.05, 4.69) is 0 Å². The third-order valence-electron chi connectivity index (χ3n) is 2.91. The molecule has 18 heavy (non-hydrogen) atoms. The standard InChI is InChI=1S/C11H14Cl2N2O2S/c12-10-2-1-8(5-11(10)13)7-18(16,17)15-4-3-9(14)6-15/h1-2,5,9H,3-4,6-7,14H2/t9-/m1/s1. The van der Waals surface area contributed by atoms with Gasteiger partial charge in [0.1, 0.15) is 0 Å². The smallest absolute Gasteiger partial charge is 0.218 e. The van der Waals surface area contributed by atoms with Crippen LogP contribution >= 0.6 is 23.2 Å². The molecular formula is C11H14Cl2N2O2S. The van der Waals surface area contributed by atoms with Crippen LogP contribution in [0.15, 0.2) is 18.2 Å². The van der Waals surface area contributed by atoms with E-state index in [1.807, 2.05) is 0 Å². The molecule has 0 radical (unpaired) electrons. The molecule has 2 rings (SSSR count). The molecule has 0 spiro atoms. The SMILES string of the molecule is N[C@@H]1CCN(S(=O)(=O)Cc2ccc(Cl)c(Cl)c2)C1. The third kappa shape index (κ3) is 3.16. The van der Waals surface area contributed by atoms with Crippen molar-refractivity contribution in [3.63, 3.8) is 0 Å². The summed E-state index contributed by atoms with van der Waals surface area (Å²) in [6, 6.07) is 4.79. The fraction of sp³-hybridized carbons (Fsp3) is 0.455. The molecule has 2 N–H and O–H groups in total. The van der Waals surface area contributed by atoms with Gasteiger partial charge in [0.15, 0.2) is 0 Å². The summed E-state index contributed by atoms with van der Waals surface area (Å²) in [6.07, 6.45) is 0.709. The Morgan fingerprint density at radius 3 is 2.61 bits per heavy atom. The van der Waals surface area contributed by atoms with Crippen LogP contribution in [0.25, 0.3) is 0 Å². The van der Waals surface area contributed by atoms with Crippen LogP contribution in [-0.4, -0.2) is 31.9 Å². The van der Waals surface area contributed by atoms with Crippen molar-refractivity contribution in [3.05, 3.63) is 33.8 Å². The van der Waals surface area contributed by atoms with Crippen molar-refractivity contribution in [1.82, 2.24) is 4.31 Å². The first kappa shape index (κ1) is 14.1. The Kier molecular flexibility index (Phi) is 4.18. The van der Waals surface area contributed by atoms with Gasteiger partial charge < -0.3 is 5.73 Å². The highest BCUT2D eigenvalue weighted by Gasteiger charge is 2.29. The highest BCUT2D eigenvalue weighted by Crippen LogP contribution is 2.24. The Balaban J connectivity index is 2.15. The first-order chi connectivity index (χ1) is 8.38. The number of nitrogens with two attached hydrogens (primary N) is 1. The van der Waals surface area contributed by atoms with E-state index < -0.39 is 10.0 Å². The van der Waals surface area contributed by atoms with E-state index in [9.17, 15) is 8.42 Å². The Morgan fingerprint density at radius 2 is 2.06 bits per heavy atom. The van der Waals surface area contributed by atoms with Crippen molar-refractivity contribution >= 4 is 33.2 Å². The molecule has 0 saturated carbocycles. The van der Waals surface area contributed by atoms with Crippen LogP contribution in [0.2, 0.25) is 10.0 Å². The maximum Gasteiger partial charge on any atom is 0.218 e. The van der Waals surface area contributed by atoms with Gasteiger partial charge >= 0.3 is 0 Å². The largest absolute Gasteiger partial charge is 0.326 e. The molecule has 0 bridgehead atoms. The minimum absolute atomic E-state index is 0.0615. The predicted octanol–water partition coefficient (Wildman–Crippen LogP) is 1.86. The van der Waals surface area contributed by atoms with Crippen LogP contribution in [0, 0.1) is 0 Å². The number of hydrogen-bond donors (Lipinski definition) is 1. The first-order valence-corrected chi connectivity index (χ1v) is 7.92. The molecule has 1 aromatic carbocycles. The van der Waals surface area contributed by atoms with Crippen LogP contribution in [0.1, 0.15) is 12.0 Å². The molecule has 1 aromatic rings. The van der Waals surface area contributed by atoms with Crippen molar-refractivity contribution in [2.75, 3.05) is 13.1 Å². The second kappa shape index (κ2) is 5.35. The second-order valence-corrected chi connectivity index (χ2v) is 7.19. The molecule has 1 atom stereocenters. The molecule has 1 saturated heterocycles. The molecule has 100 valence electrons. The van der Waals surface area contributed by atoms with Gasteiger partial charge in [0, 0.05) is 19.1 Å². The minimum atomic E-state index is -3.32. The summed E-state index contributed by atoms with van der Waals surface area (Å²) in [6.45, 7) is 0.883. The van der Waals surface area contributed by atoms with E-state index in [4.69, 9.17) is 28.9 Å². The van der Waals surface area contributed by atoms with Crippen LogP contribution in [-0.2, 0) is 15.8 Å². The number of rotatable bonds is 3. The average Bonchev–Trinajstić information content (AvgIpc) is 2.71. The fourth-order valence-corrected chi connectivity index (χ4v) is 3.84. The molecule has 1 heterocycles. The van der Waals surface area contributed by atoms with E-state index in [-0.39, 0.29) is 11.8 Å². The van der Waals surface area contributed by atoms with Gasteiger partial charge in [-0.05, 0) is 24.1 Å².